The SMILES string of the molecule is O=C(Nc1ccc(Cc2nc3ccc(Br)cc3[nH]2)cc1)C1CCCN1C(=O)OCc1ccccc1. The molecule has 1 aromatic heterocycles. The predicted octanol–water partition coefficient (Wildman–Crippen LogP) is 5.66. The van der Waals surface area contributed by atoms with E-state index < -0.39 is 12.1 Å². The molecule has 0 aliphatic carbocycles. The maximum atomic E-state index is 12.9. The van der Waals surface area contributed by atoms with Crippen molar-refractivity contribution < 1.29 is 14.3 Å². The maximum Gasteiger partial charge on any atom is 0.410 e. The highest BCUT2D eigenvalue weighted by Gasteiger charge is 2.35. The topological polar surface area (TPSA) is 87.3 Å². The number of carbonyl (C=O) groups is 2. The van der Waals surface area contributed by atoms with Gasteiger partial charge in [0.2, 0.25) is 5.91 Å². The summed E-state index contributed by atoms with van der Waals surface area (Å²) in [6.07, 6.45) is 1.59. The molecule has 7 nitrogen and oxygen atoms in total. The first-order valence-corrected chi connectivity index (χ1v) is 12.4. The number of anilines is 1. The van der Waals surface area contributed by atoms with E-state index in [0.717, 1.165) is 38.9 Å². The fourth-order valence-corrected chi connectivity index (χ4v) is 4.66. The molecule has 2 amide bonds. The molecule has 0 spiro atoms. The normalized spacial score (nSPS) is 15.3. The lowest BCUT2D eigenvalue weighted by Gasteiger charge is -2.23. The molecule has 1 saturated heterocycles. The van der Waals surface area contributed by atoms with Crippen LogP contribution in [-0.4, -0.2) is 39.5 Å². The summed E-state index contributed by atoms with van der Waals surface area (Å²) >= 11 is 3.48. The van der Waals surface area contributed by atoms with Gasteiger partial charge in [-0.25, -0.2) is 9.78 Å². The Labute approximate surface area is 211 Å². The van der Waals surface area contributed by atoms with Gasteiger partial charge in [0.15, 0.2) is 0 Å². The third kappa shape index (κ3) is 5.54. The number of nitrogens with zero attached hydrogens (tertiary/aromatic N) is 2. The van der Waals surface area contributed by atoms with Gasteiger partial charge in [-0.05, 0) is 54.3 Å². The number of ether oxygens (including phenoxy) is 1. The van der Waals surface area contributed by atoms with Gasteiger partial charge in [-0.3, -0.25) is 9.69 Å². The Morgan fingerprint density at radius 2 is 1.86 bits per heavy atom. The van der Waals surface area contributed by atoms with Gasteiger partial charge in [0.1, 0.15) is 18.5 Å². The molecule has 1 aliphatic rings. The van der Waals surface area contributed by atoms with E-state index in [4.69, 9.17) is 4.74 Å². The van der Waals surface area contributed by atoms with Crippen LogP contribution < -0.4 is 5.32 Å². The molecule has 1 aliphatic heterocycles. The zero-order valence-corrected chi connectivity index (χ0v) is 20.6. The molecule has 1 atom stereocenters. The zero-order chi connectivity index (χ0) is 24.2. The summed E-state index contributed by atoms with van der Waals surface area (Å²) in [6, 6.07) is 22.6. The van der Waals surface area contributed by atoms with E-state index in [9.17, 15) is 9.59 Å². The van der Waals surface area contributed by atoms with Gasteiger partial charge in [0, 0.05) is 23.1 Å². The summed E-state index contributed by atoms with van der Waals surface area (Å²) in [4.78, 5) is 35.0. The molecule has 2 heterocycles. The van der Waals surface area contributed by atoms with Crippen LogP contribution in [0.25, 0.3) is 11.0 Å². The van der Waals surface area contributed by atoms with E-state index in [-0.39, 0.29) is 12.5 Å². The fourth-order valence-electron chi connectivity index (χ4n) is 4.30. The molecule has 5 rings (SSSR count). The summed E-state index contributed by atoms with van der Waals surface area (Å²) in [7, 11) is 0. The average Bonchev–Trinajstić information content (AvgIpc) is 3.51. The second-order valence-corrected chi connectivity index (χ2v) is 9.52. The van der Waals surface area contributed by atoms with Crippen LogP contribution in [0.4, 0.5) is 10.5 Å². The van der Waals surface area contributed by atoms with Crippen molar-refractivity contribution in [1.82, 2.24) is 14.9 Å². The van der Waals surface area contributed by atoms with Gasteiger partial charge >= 0.3 is 6.09 Å². The molecule has 8 heteroatoms. The molecule has 1 unspecified atom stereocenters. The van der Waals surface area contributed by atoms with Gasteiger partial charge in [-0.2, -0.15) is 0 Å². The number of rotatable bonds is 6. The minimum Gasteiger partial charge on any atom is -0.445 e. The number of imidazole rings is 1. The number of fused-ring (bicyclic) bond motifs is 1. The summed E-state index contributed by atoms with van der Waals surface area (Å²) in [5, 5.41) is 2.94. The number of amides is 2. The Hall–Kier alpha value is -3.65. The van der Waals surface area contributed by atoms with E-state index in [0.29, 0.717) is 25.1 Å². The Balaban J connectivity index is 1.17. The van der Waals surface area contributed by atoms with Crippen molar-refractivity contribution in [3.63, 3.8) is 0 Å². The van der Waals surface area contributed by atoms with Crippen LogP contribution >= 0.6 is 15.9 Å². The zero-order valence-electron chi connectivity index (χ0n) is 19.0. The number of nitrogens with one attached hydrogen (secondary N) is 2. The smallest absolute Gasteiger partial charge is 0.410 e. The summed E-state index contributed by atoms with van der Waals surface area (Å²) in [6.45, 7) is 0.702. The number of benzene rings is 3. The molecular formula is C27H25BrN4O3. The van der Waals surface area contributed by atoms with E-state index in [1.54, 1.807) is 0 Å². The third-order valence-corrected chi connectivity index (χ3v) is 6.57. The summed E-state index contributed by atoms with van der Waals surface area (Å²) in [5.74, 6) is 0.681. The largest absolute Gasteiger partial charge is 0.445 e. The van der Waals surface area contributed by atoms with E-state index in [2.05, 4.69) is 31.2 Å². The predicted molar refractivity (Wildman–Crippen MR) is 138 cm³/mol. The Kier molecular flexibility index (Phi) is 6.81. The number of halogens is 1. The maximum absolute atomic E-state index is 12.9. The summed E-state index contributed by atoms with van der Waals surface area (Å²) < 4.78 is 6.44. The first-order chi connectivity index (χ1) is 17.0. The van der Waals surface area contributed by atoms with Gasteiger partial charge in [0.25, 0.3) is 0 Å². The van der Waals surface area contributed by atoms with Crippen molar-refractivity contribution in [1.29, 1.82) is 0 Å². The standard InChI is InChI=1S/C27H25BrN4O3/c28-20-10-13-22-23(16-20)31-25(30-22)15-18-8-11-21(12-9-18)29-26(33)24-7-4-14-32(24)27(34)35-17-19-5-2-1-3-6-19/h1-3,5-6,8-13,16,24H,4,7,14-15,17H2,(H,29,33)(H,30,31). The lowest BCUT2D eigenvalue weighted by Crippen LogP contribution is -2.43. The molecule has 0 radical (unpaired) electrons. The van der Waals surface area contributed by atoms with Crippen LogP contribution in [0.15, 0.2) is 77.3 Å². The average molecular weight is 533 g/mol. The Morgan fingerprint density at radius 3 is 2.66 bits per heavy atom. The first-order valence-electron chi connectivity index (χ1n) is 11.6. The van der Waals surface area contributed by atoms with Crippen molar-refractivity contribution in [2.24, 2.45) is 0 Å². The van der Waals surface area contributed by atoms with Gasteiger partial charge in [-0.15, -0.1) is 0 Å². The first kappa shape index (κ1) is 23.1. The fraction of sp³-hybridized carbons (Fsp3) is 0.222. The van der Waals surface area contributed by atoms with Gasteiger partial charge in [0.05, 0.1) is 11.0 Å². The van der Waals surface area contributed by atoms with Crippen LogP contribution in [-0.2, 0) is 22.6 Å². The highest BCUT2D eigenvalue weighted by Crippen LogP contribution is 2.22. The lowest BCUT2D eigenvalue weighted by atomic mass is 10.1. The van der Waals surface area contributed by atoms with Crippen LogP contribution in [0.1, 0.15) is 29.8 Å². The number of H-pyrrole nitrogens is 1. The monoisotopic (exact) mass is 532 g/mol. The number of aromatic amines is 1. The highest BCUT2D eigenvalue weighted by molar-refractivity contribution is 9.10. The highest BCUT2D eigenvalue weighted by atomic mass is 79.9. The van der Waals surface area contributed by atoms with E-state index >= 15 is 0 Å². The number of likely N-dealkylation sites (tertiary alicyclic amines) is 1. The number of aromatic nitrogens is 2. The second-order valence-electron chi connectivity index (χ2n) is 8.60. The van der Waals surface area contributed by atoms with Crippen LogP contribution in [0.3, 0.4) is 0 Å². The number of hydrogen-bond donors (Lipinski definition) is 2. The quantitative estimate of drug-likeness (QED) is 0.335. The van der Waals surface area contributed by atoms with Crippen molar-refractivity contribution in [2.75, 3.05) is 11.9 Å². The van der Waals surface area contributed by atoms with Gasteiger partial charge in [-0.1, -0.05) is 58.4 Å². The Bertz CT molecular complexity index is 1340. The van der Waals surface area contributed by atoms with Crippen molar-refractivity contribution in [2.45, 2.75) is 31.9 Å². The molecule has 0 bridgehead atoms. The molecule has 35 heavy (non-hydrogen) atoms. The Morgan fingerprint density at radius 1 is 1.06 bits per heavy atom. The minimum absolute atomic E-state index is 0.189. The van der Waals surface area contributed by atoms with Crippen molar-refractivity contribution >= 4 is 44.7 Å². The molecule has 1 fully saturated rings. The third-order valence-electron chi connectivity index (χ3n) is 6.08. The van der Waals surface area contributed by atoms with Crippen LogP contribution in [0, 0.1) is 0 Å². The van der Waals surface area contributed by atoms with E-state index in [1.165, 1.54) is 4.90 Å². The molecule has 4 aromatic rings. The molecule has 2 N–H and O–H groups in total. The van der Waals surface area contributed by atoms with Crippen molar-refractivity contribution in [3.05, 3.63) is 94.2 Å². The van der Waals surface area contributed by atoms with Crippen molar-refractivity contribution in [3.8, 4) is 0 Å². The number of hydrogen-bond acceptors (Lipinski definition) is 4. The minimum atomic E-state index is -0.534. The molecular weight excluding hydrogens is 508 g/mol. The molecule has 3 aromatic carbocycles. The molecule has 0 saturated carbocycles. The van der Waals surface area contributed by atoms with Crippen LogP contribution in [0.5, 0.6) is 0 Å². The molecule has 178 valence electrons. The van der Waals surface area contributed by atoms with E-state index in [1.807, 2.05) is 72.8 Å². The van der Waals surface area contributed by atoms with Gasteiger partial charge < -0.3 is 15.0 Å². The van der Waals surface area contributed by atoms with Crippen LogP contribution in [0.2, 0.25) is 0 Å². The lowest BCUT2D eigenvalue weighted by molar-refractivity contribution is -0.120. The number of carbonyl (C=O) groups excluding carboxylic acids is 2. The second kappa shape index (κ2) is 10.3. The summed E-state index contributed by atoms with van der Waals surface area (Å²) in [5.41, 5.74) is 4.60.